The number of piperidine rings is 2. The van der Waals surface area contributed by atoms with Gasteiger partial charge >= 0.3 is 12.2 Å². The lowest BCUT2D eigenvalue weighted by atomic mass is 9.74. The van der Waals surface area contributed by atoms with Crippen LogP contribution in [0.15, 0.2) is 48.5 Å². The maximum absolute atomic E-state index is 14.4. The molecular weight excluding hydrogens is 521 g/mol. The van der Waals surface area contributed by atoms with E-state index in [1.54, 1.807) is 17.0 Å². The van der Waals surface area contributed by atoms with Gasteiger partial charge in [-0.1, -0.05) is 37.3 Å². The Morgan fingerprint density at radius 1 is 1.00 bits per heavy atom. The summed E-state index contributed by atoms with van der Waals surface area (Å²) >= 11 is 0. The Kier molecular flexibility index (Phi) is 8.60. The van der Waals surface area contributed by atoms with Gasteiger partial charge in [-0.15, -0.1) is 0 Å². The zero-order chi connectivity index (χ0) is 29.2. The van der Waals surface area contributed by atoms with E-state index in [0.717, 1.165) is 75.2 Å². The zero-order valence-corrected chi connectivity index (χ0v) is 24.9. The van der Waals surface area contributed by atoms with E-state index < -0.39 is 5.60 Å². The molecule has 2 fully saturated rings. The van der Waals surface area contributed by atoms with Crippen molar-refractivity contribution in [2.75, 3.05) is 44.2 Å². The topological polar surface area (TPSA) is 62.3 Å². The SMILES string of the molecule is CC(CN1CCC2(CC1)CN(C(=O)OC(C)(C)C)c1ccc(F)cc12)C1CCN(C(=O)OCc2ccccc2)CC1. The second-order valence-electron chi connectivity index (χ2n) is 13.2. The molecule has 1 spiro atoms. The number of carbonyl (C=O) groups excluding carboxylic acids is 2. The number of benzene rings is 2. The second-order valence-corrected chi connectivity index (χ2v) is 13.2. The van der Waals surface area contributed by atoms with Crippen molar-refractivity contribution < 1.29 is 23.5 Å². The summed E-state index contributed by atoms with van der Waals surface area (Å²) in [7, 11) is 0. The molecular formula is C33H44FN3O4. The van der Waals surface area contributed by atoms with E-state index >= 15 is 0 Å². The Hall–Kier alpha value is -3.13. The van der Waals surface area contributed by atoms with Crippen LogP contribution in [0.5, 0.6) is 0 Å². The molecule has 2 amide bonds. The Balaban J connectivity index is 1.12. The van der Waals surface area contributed by atoms with Gasteiger partial charge in [0.25, 0.3) is 0 Å². The third kappa shape index (κ3) is 6.85. The molecule has 1 atom stereocenters. The summed E-state index contributed by atoms with van der Waals surface area (Å²) in [6.07, 6.45) is 3.12. The van der Waals surface area contributed by atoms with Crippen molar-refractivity contribution in [3.63, 3.8) is 0 Å². The van der Waals surface area contributed by atoms with Crippen molar-refractivity contribution in [1.82, 2.24) is 9.80 Å². The van der Waals surface area contributed by atoms with Gasteiger partial charge in [-0.2, -0.15) is 0 Å². The summed E-state index contributed by atoms with van der Waals surface area (Å²) in [6.45, 7) is 13.0. The highest BCUT2D eigenvalue weighted by atomic mass is 19.1. The molecule has 3 aliphatic rings. The fourth-order valence-corrected chi connectivity index (χ4v) is 6.73. The number of anilines is 1. The third-order valence-electron chi connectivity index (χ3n) is 9.06. The van der Waals surface area contributed by atoms with Crippen LogP contribution in [0.25, 0.3) is 0 Å². The predicted octanol–water partition coefficient (Wildman–Crippen LogP) is 6.60. The van der Waals surface area contributed by atoms with Crippen LogP contribution in [0.4, 0.5) is 19.7 Å². The molecule has 0 aromatic heterocycles. The normalized spacial score (nSPS) is 20.1. The number of rotatable bonds is 5. The molecule has 2 aromatic carbocycles. The lowest BCUT2D eigenvalue weighted by molar-refractivity contribution is 0.0562. The smallest absolute Gasteiger partial charge is 0.414 e. The van der Waals surface area contributed by atoms with Crippen LogP contribution < -0.4 is 4.90 Å². The highest BCUT2D eigenvalue weighted by molar-refractivity contribution is 5.91. The number of carbonyl (C=O) groups is 2. The average molecular weight is 566 g/mol. The lowest BCUT2D eigenvalue weighted by Gasteiger charge is -2.42. The van der Waals surface area contributed by atoms with Gasteiger partial charge in [-0.25, -0.2) is 14.0 Å². The summed E-state index contributed by atoms with van der Waals surface area (Å²) in [4.78, 5) is 31.7. The number of amides is 2. The van der Waals surface area contributed by atoms with Crippen molar-refractivity contribution in [2.45, 2.75) is 71.0 Å². The van der Waals surface area contributed by atoms with Crippen LogP contribution in [-0.2, 0) is 21.5 Å². The molecule has 0 radical (unpaired) electrons. The first-order chi connectivity index (χ1) is 19.5. The van der Waals surface area contributed by atoms with Gasteiger partial charge in [0, 0.05) is 31.6 Å². The van der Waals surface area contributed by atoms with Gasteiger partial charge < -0.3 is 19.3 Å². The molecule has 7 nitrogen and oxygen atoms in total. The highest BCUT2D eigenvalue weighted by Crippen LogP contribution is 2.48. The van der Waals surface area contributed by atoms with E-state index in [1.165, 1.54) is 6.07 Å². The van der Waals surface area contributed by atoms with Crippen LogP contribution in [0.3, 0.4) is 0 Å². The minimum Gasteiger partial charge on any atom is -0.445 e. The number of halogens is 1. The van der Waals surface area contributed by atoms with Crippen LogP contribution in [-0.4, -0.2) is 66.9 Å². The van der Waals surface area contributed by atoms with Gasteiger partial charge in [0.1, 0.15) is 18.0 Å². The van der Waals surface area contributed by atoms with Gasteiger partial charge in [0.15, 0.2) is 0 Å². The number of hydrogen-bond donors (Lipinski definition) is 0. The van der Waals surface area contributed by atoms with E-state index in [2.05, 4.69) is 11.8 Å². The van der Waals surface area contributed by atoms with E-state index in [1.807, 2.05) is 56.0 Å². The lowest BCUT2D eigenvalue weighted by Crippen LogP contribution is -2.48. The number of fused-ring (bicyclic) bond motifs is 2. The number of ether oxygens (including phenoxy) is 2. The van der Waals surface area contributed by atoms with E-state index in [-0.39, 0.29) is 23.4 Å². The minimum atomic E-state index is -0.592. The van der Waals surface area contributed by atoms with E-state index in [9.17, 15) is 14.0 Å². The zero-order valence-electron chi connectivity index (χ0n) is 24.9. The molecule has 3 aliphatic heterocycles. The van der Waals surface area contributed by atoms with Gasteiger partial charge in [-0.05, 0) is 101 Å². The third-order valence-corrected chi connectivity index (χ3v) is 9.06. The van der Waals surface area contributed by atoms with Crippen molar-refractivity contribution in [3.05, 3.63) is 65.5 Å². The molecule has 3 heterocycles. The standard InChI is InChI=1S/C33H44FN3O4/c1-24(26-12-16-36(17-13-26)30(38)40-22-25-8-6-5-7-9-25)21-35-18-14-33(15-19-35)23-37(31(39)41-32(2,3)4)29-11-10-27(34)20-28(29)33/h5-11,20,24,26H,12-19,21-23H2,1-4H3. The van der Waals surface area contributed by atoms with E-state index in [0.29, 0.717) is 25.0 Å². The highest BCUT2D eigenvalue weighted by Gasteiger charge is 2.47. The summed E-state index contributed by atoms with van der Waals surface area (Å²) in [5, 5.41) is 0. The van der Waals surface area contributed by atoms with Gasteiger partial charge in [0.2, 0.25) is 0 Å². The van der Waals surface area contributed by atoms with Crippen LogP contribution in [0.2, 0.25) is 0 Å². The molecule has 0 bridgehead atoms. The summed E-state index contributed by atoms with van der Waals surface area (Å²) < 4.78 is 25.6. The monoisotopic (exact) mass is 565 g/mol. The fraction of sp³-hybridized carbons (Fsp3) is 0.576. The maximum atomic E-state index is 14.4. The number of hydrogen-bond acceptors (Lipinski definition) is 5. The Labute approximate surface area is 243 Å². The van der Waals surface area contributed by atoms with Gasteiger partial charge in [0.05, 0.1) is 5.69 Å². The molecule has 41 heavy (non-hydrogen) atoms. The Morgan fingerprint density at radius 3 is 2.34 bits per heavy atom. The first-order valence-corrected chi connectivity index (χ1v) is 15.0. The number of likely N-dealkylation sites (tertiary alicyclic amines) is 2. The van der Waals surface area contributed by atoms with Crippen molar-refractivity contribution in [3.8, 4) is 0 Å². The minimum absolute atomic E-state index is 0.227. The molecule has 0 N–H and O–H groups in total. The van der Waals surface area contributed by atoms with E-state index in [4.69, 9.17) is 9.47 Å². The molecule has 2 aromatic rings. The molecule has 5 rings (SSSR count). The molecule has 8 heteroatoms. The first kappa shape index (κ1) is 29.4. The Bertz CT molecular complexity index is 1210. The molecule has 0 saturated carbocycles. The summed E-state index contributed by atoms with van der Waals surface area (Å²) in [6, 6.07) is 14.5. The quantitative estimate of drug-likeness (QED) is 0.409. The maximum Gasteiger partial charge on any atom is 0.414 e. The predicted molar refractivity (Wildman–Crippen MR) is 157 cm³/mol. The first-order valence-electron chi connectivity index (χ1n) is 15.0. The summed E-state index contributed by atoms with van der Waals surface area (Å²) in [5.74, 6) is 0.812. The van der Waals surface area contributed by atoms with Crippen molar-refractivity contribution >= 4 is 17.9 Å². The fourth-order valence-electron chi connectivity index (χ4n) is 6.73. The molecule has 1 unspecified atom stereocenters. The largest absolute Gasteiger partial charge is 0.445 e. The van der Waals surface area contributed by atoms with Crippen LogP contribution in [0, 0.1) is 17.7 Å². The number of nitrogens with zero attached hydrogens (tertiary/aromatic N) is 3. The second kappa shape index (κ2) is 12.0. The van der Waals surface area contributed by atoms with Crippen LogP contribution in [0.1, 0.15) is 64.5 Å². The van der Waals surface area contributed by atoms with Crippen molar-refractivity contribution in [2.24, 2.45) is 11.8 Å². The van der Waals surface area contributed by atoms with Crippen molar-refractivity contribution in [1.29, 1.82) is 0 Å². The molecule has 222 valence electrons. The molecule has 2 saturated heterocycles. The van der Waals surface area contributed by atoms with Crippen LogP contribution >= 0.6 is 0 Å². The summed E-state index contributed by atoms with van der Waals surface area (Å²) in [5.41, 5.74) is 1.86. The Morgan fingerprint density at radius 2 is 1.68 bits per heavy atom. The molecule has 0 aliphatic carbocycles. The average Bonchev–Trinajstić information content (AvgIpc) is 3.26. The van der Waals surface area contributed by atoms with Gasteiger partial charge in [-0.3, -0.25) is 4.90 Å².